The van der Waals surface area contributed by atoms with Gasteiger partial charge in [-0.2, -0.15) is 0 Å². The Labute approximate surface area is 116 Å². The van der Waals surface area contributed by atoms with Crippen molar-refractivity contribution < 1.29 is 9.53 Å². The summed E-state index contributed by atoms with van der Waals surface area (Å²) in [4.78, 5) is 11.3. The first-order valence-electron chi connectivity index (χ1n) is 5.99. The molecule has 18 heavy (non-hydrogen) atoms. The van der Waals surface area contributed by atoms with Gasteiger partial charge in [-0.05, 0) is 32.0 Å². The molecule has 0 aliphatic carbocycles. The highest BCUT2D eigenvalue weighted by Crippen LogP contribution is 2.27. The maximum Gasteiger partial charge on any atom is 0.223 e. The van der Waals surface area contributed by atoms with Crippen molar-refractivity contribution in [1.29, 1.82) is 0 Å². The van der Waals surface area contributed by atoms with Crippen molar-refractivity contribution in [2.24, 2.45) is 5.73 Å². The fraction of sp³-hybridized carbons (Fsp3) is 0.462. The largest absolute Gasteiger partial charge is 0.493 e. The van der Waals surface area contributed by atoms with E-state index in [0.29, 0.717) is 19.6 Å². The third kappa shape index (κ3) is 4.66. The van der Waals surface area contributed by atoms with Crippen LogP contribution < -0.4 is 15.8 Å². The fourth-order valence-electron chi connectivity index (χ4n) is 1.55. The van der Waals surface area contributed by atoms with E-state index >= 15 is 0 Å². The number of halogens is 1. The summed E-state index contributed by atoms with van der Waals surface area (Å²) in [5, 5.41) is 2.73. The van der Waals surface area contributed by atoms with E-state index < -0.39 is 0 Å². The molecule has 0 spiro atoms. The van der Waals surface area contributed by atoms with Gasteiger partial charge in [0.25, 0.3) is 0 Å². The first kappa shape index (κ1) is 15.0. The third-order valence-corrected chi connectivity index (χ3v) is 2.92. The van der Waals surface area contributed by atoms with Crippen LogP contribution in [0.25, 0.3) is 0 Å². The maximum atomic E-state index is 11.3. The normalized spacial score (nSPS) is 12.0. The lowest BCUT2D eigenvalue weighted by atomic mass is 10.1. The van der Waals surface area contributed by atoms with Crippen molar-refractivity contribution >= 4 is 21.8 Å². The molecule has 0 fully saturated rings. The Morgan fingerprint density at radius 2 is 2.28 bits per heavy atom. The van der Waals surface area contributed by atoms with Gasteiger partial charge in [0.1, 0.15) is 5.75 Å². The van der Waals surface area contributed by atoms with Crippen molar-refractivity contribution in [3.8, 4) is 5.75 Å². The summed E-state index contributed by atoms with van der Waals surface area (Å²) in [6.45, 7) is 4.79. The molecule has 1 atom stereocenters. The van der Waals surface area contributed by atoms with Gasteiger partial charge < -0.3 is 15.8 Å². The van der Waals surface area contributed by atoms with E-state index in [1.807, 2.05) is 32.0 Å². The van der Waals surface area contributed by atoms with Crippen LogP contribution in [0.1, 0.15) is 31.9 Å². The maximum absolute atomic E-state index is 11.3. The van der Waals surface area contributed by atoms with E-state index in [9.17, 15) is 4.79 Å². The molecule has 0 aliphatic heterocycles. The number of benzene rings is 1. The topological polar surface area (TPSA) is 64.3 Å². The summed E-state index contributed by atoms with van der Waals surface area (Å²) in [5.41, 5.74) is 6.81. The van der Waals surface area contributed by atoms with E-state index in [4.69, 9.17) is 10.5 Å². The minimum Gasteiger partial charge on any atom is -0.493 e. The molecule has 0 unspecified atom stereocenters. The second kappa shape index (κ2) is 7.38. The van der Waals surface area contributed by atoms with Crippen LogP contribution in [0.3, 0.4) is 0 Å². The number of nitrogens with one attached hydrogen (secondary N) is 1. The Bertz CT molecular complexity index is 408. The highest BCUT2D eigenvalue weighted by atomic mass is 79.9. The van der Waals surface area contributed by atoms with E-state index in [1.165, 1.54) is 0 Å². The number of rotatable bonds is 6. The summed E-state index contributed by atoms with van der Waals surface area (Å²) in [6.07, 6.45) is 0.350. The molecule has 0 aromatic heterocycles. The van der Waals surface area contributed by atoms with Crippen molar-refractivity contribution in [3.05, 3.63) is 28.2 Å². The van der Waals surface area contributed by atoms with E-state index in [2.05, 4.69) is 21.2 Å². The van der Waals surface area contributed by atoms with Gasteiger partial charge in [-0.1, -0.05) is 15.9 Å². The Hall–Kier alpha value is -1.07. The molecule has 0 heterocycles. The summed E-state index contributed by atoms with van der Waals surface area (Å²) in [5.74, 6) is 0.731. The Morgan fingerprint density at radius 3 is 2.89 bits per heavy atom. The summed E-state index contributed by atoms with van der Waals surface area (Å²) in [6, 6.07) is 5.59. The lowest BCUT2D eigenvalue weighted by molar-refractivity contribution is -0.121. The lowest BCUT2D eigenvalue weighted by Gasteiger charge is -2.14. The number of amides is 1. The molecule has 5 heteroatoms. The van der Waals surface area contributed by atoms with Crippen LogP contribution in [0.2, 0.25) is 0 Å². The molecule has 0 saturated heterocycles. The molecule has 1 aromatic rings. The van der Waals surface area contributed by atoms with Gasteiger partial charge in [0.05, 0.1) is 13.0 Å². The van der Waals surface area contributed by atoms with Crippen molar-refractivity contribution in [2.45, 2.75) is 26.3 Å². The van der Waals surface area contributed by atoms with Crippen molar-refractivity contribution in [3.63, 3.8) is 0 Å². The van der Waals surface area contributed by atoms with Crippen LogP contribution in [0, 0.1) is 0 Å². The standard InChI is InChI=1S/C13H19BrN2O2/c1-3-16-13(17)6-7-18-12-5-4-10(14)8-11(12)9(2)15/h4-5,8-9H,3,6-7,15H2,1-2H3,(H,16,17)/t9-/m0/s1. The van der Waals surface area contributed by atoms with Gasteiger partial charge in [0, 0.05) is 22.6 Å². The zero-order chi connectivity index (χ0) is 13.5. The molecule has 0 aliphatic rings. The fourth-order valence-corrected chi connectivity index (χ4v) is 1.92. The highest BCUT2D eigenvalue weighted by Gasteiger charge is 2.09. The number of carbonyl (C=O) groups is 1. The number of hydrogen-bond acceptors (Lipinski definition) is 3. The van der Waals surface area contributed by atoms with Crippen LogP contribution in [0.5, 0.6) is 5.75 Å². The predicted octanol–water partition coefficient (Wildman–Crippen LogP) is 2.37. The van der Waals surface area contributed by atoms with Crippen LogP contribution in [-0.2, 0) is 4.79 Å². The van der Waals surface area contributed by atoms with Crippen molar-refractivity contribution in [1.82, 2.24) is 5.32 Å². The summed E-state index contributed by atoms with van der Waals surface area (Å²) in [7, 11) is 0. The SMILES string of the molecule is CCNC(=O)CCOc1ccc(Br)cc1[C@H](C)N. The summed E-state index contributed by atoms with van der Waals surface area (Å²) < 4.78 is 6.57. The lowest BCUT2D eigenvalue weighted by Crippen LogP contribution is -2.24. The molecular formula is C13H19BrN2O2. The Morgan fingerprint density at radius 1 is 1.56 bits per heavy atom. The van der Waals surface area contributed by atoms with Gasteiger partial charge >= 0.3 is 0 Å². The molecule has 1 rings (SSSR count). The van der Waals surface area contributed by atoms with Gasteiger partial charge in [-0.15, -0.1) is 0 Å². The number of hydrogen-bond donors (Lipinski definition) is 2. The van der Waals surface area contributed by atoms with Crippen LogP contribution in [-0.4, -0.2) is 19.1 Å². The van der Waals surface area contributed by atoms with Gasteiger partial charge in [0.15, 0.2) is 0 Å². The number of ether oxygens (including phenoxy) is 1. The number of carbonyl (C=O) groups excluding carboxylic acids is 1. The quantitative estimate of drug-likeness (QED) is 0.847. The van der Waals surface area contributed by atoms with Gasteiger partial charge in [-0.25, -0.2) is 0 Å². The van der Waals surface area contributed by atoms with Crippen molar-refractivity contribution in [2.75, 3.05) is 13.2 Å². The Kier molecular flexibility index (Phi) is 6.15. The molecule has 0 radical (unpaired) electrons. The monoisotopic (exact) mass is 314 g/mol. The predicted molar refractivity (Wildman–Crippen MR) is 75.5 cm³/mol. The molecule has 0 bridgehead atoms. The van der Waals surface area contributed by atoms with Gasteiger partial charge in [0.2, 0.25) is 5.91 Å². The second-order valence-electron chi connectivity index (χ2n) is 4.02. The third-order valence-electron chi connectivity index (χ3n) is 2.42. The molecule has 1 aromatic carbocycles. The minimum absolute atomic E-state index is 0.00282. The zero-order valence-electron chi connectivity index (χ0n) is 10.7. The first-order valence-corrected chi connectivity index (χ1v) is 6.78. The van der Waals surface area contributed by atoms with E-state index in [-0.39, 0.29) is 11.9 Å². The molecule has 100 valence electrons. The van der Waals surface area contributed by atoms with E-state index in [1.54, 1.807) is 0 Å². The molecule has 0 saturated carbocycles. The average Bonchev–Trinajstić information content (AvgIpc) is 2.31. The molecule has 4 nitrogen and oxygen atoms in total. The first-order chi connectivity index (χ1) is 8.54. The second-order valence-corrected chi connectivity index (χ2v) is 4.94. The van der Waals surface area contributed by atoms with Crippen LogP contribution >= 0.6 is 15.9 Å². The van der Waals surface area contributed by atoms with E-state index in [0.717, 1.165) is 15.8 Å². The molecule has 1 amide bonds. The minimum atomic E-state index is -0.109. The average molecular weight is 315 g/mol. The molecule has 3 N–H and O–H groups in total. The van der Waals surface area contributed by atoms with Crippen LogP contribution in [0.4, 0.5) is 0 Å². The molecular weight excluding hydrogens is 296 g/mol. The smallest absolute Gasteiger partial charge is 0.223 e. The Balaban J connectivity index is 2.59. The summed E-state index contributed by atoms with van der Waals surface area (Å²) >= 11 is 3.40. The number of nitrogens with two attached hydrogens (primary N) is 1. The highest BCUT2D eigenvalue weighted by molar-refractivity contribution is 9.10. The zero-order valence-corrected chi connectivity index (χ0v) is 12.3. The van der Waals surface area contributed by atoms with Crippen LogP contribution in [0.15, 0.2) is 22.7 Å². The van der Waals surface area contributed by atoms with Gasteiger partial charge in [-0.3, -0.25) is 4.79 Å².